The van der Waals surface area contributed by atoms with E-state index in [1.807, 2.05) is 76.2 Å². The normalized spacial score (nSPS) is 11.3. The van der Waals surface area contributed by atoms with E-state index < -0.39 is 0 Å². The van der Waals surface area contributed by atoms with Gasteiger partial charge >= 0.3 is 0 Å². The van der Waals surface area contributed by atoms with E-state index in [9.17, 15) is 4.79 Å². The summed E-state index contributed by atoms with van der Waals surface area (Å²) in [5.41, 5.74) is 3.58. The highest BCUT2D eigenvalue weighted by molar-refractivity contribution is 7.98. The zero-order valence-corrected chi connectivity index (χ0v) is 21.5. The third kappa shape index (κ3) is 4.49. The molecule has 0 amide bonds. The Hall–Kier alpha value is -3.43. The minimum absolute atomic E-state index is 0.0694. The first-order chi connectivity index (χ1) is 17.0. The van der Waals surface area contributed by atoms with E-state index in [2.05, 4.69) is 10.1 Å². The molecule has 0 fully saturated rings. The Kier molecular flexibility index (Phi) is 6.44. The highest BCUT2D eigenvalue weighted by Gasteiger charge is 2.20. The van der Waals surface area contributed by atoms with Crippen LogP contribution in [0.5, 0.6) is 5.75 Å². The molecule has 0 atom stereocenters. The first-order valence-corrected chi connectivity index (χ1v) is 13.0. The van der Waals surface area contributed by atoms with Gasteiger partial charge in [-0.15, -0.1) is 11.3 Å². The van der Waals surface area contributed by atoms with Crippen LogP contribution in [0.3, 0.4) is 0 Å². The molecular weight excluding hydrogens is 480 g/mol. The molecule has 9 heteroatoms. The summed E-state index contributed by atoms with van der Waals surface area (Å²) < 4.78 is 12.9. The molecule has 0 aliphatic carbocycles. The molecule has 3 heterocycles. The maximum Gasteiger partial charge on any atom is 0.267 e. The SMILES string of the molecule is CCOc1ccccc1-c1noc(CSc2nc3sc(C)c(C)c3c(=O)n2-c2ccc(C)cc2)n1. The van der Waals surface area contributed by atoms with Crippen LogP contribution >= 0.6 is 23.1 Å². The molecule has 5 rings (SSSR count). The van der Waals surface area contributed by atoms with Crippen molar-refractivity contribution < 1.29 is 9.26 Å². The number of nitrogens with zero attached hydrogens (tertiary/aromatic N) is 4. The summed E-state index contributed by atoms with van der Waals surface area (Å²) in [7, 11) is 0. The summed E-state index contributed by atoms with van der Waals surface area (Å²) in [5.74, 6) is 1.99. The van der Waals surface area contributed by atoms with E-state index in [1.54, 1.807) is 4.57 Å². The maximum absolute atomic E-state index is 13.6. The van der Waals surface area contributed by atoms with Gasteiger partial charge in [-0.05, 0) is 57.5 Å². The van der Waals surface area contributed by atoms with Gasteiger partial charge in [-0.1, -0.05) is 46.7 Å². The Balaban J connectivity index is 1.51. The van der Waals surface area contributed by atoms with Gasteiger partial charge in [0.05, 0.1) is 29.0 Å². The van der Waals surface area contributed by atoms with Crippen molar-refractivity contribution in [2.45, 2.75) is 38.6 Å². The number of rotatable bonds is 7. The number of aromatic nitrogens is 4. The lowest BCUT2D eigenvalue weighted by atomic mass is 10.2. The van der Waals surface area contributed by atoms with Crippen molar-refractivity contribution in [3.8, 4) is 22.8 Å². The van der Waals surface area contributed by atoms with Crippen molar-refractivity contribution >= 4 is 33.3 Å². The Morgan fingerprint density at radius 3 is 2.60 bits per heavy atom. The number of hydrogen-bond acceptors (Lipinski definition) is 8. The lowest BCUT2D eigenvalue weighted by molar-refractivity contribution is 0.341. The number of fused-ring (bicyclic) bond motifs is 1. The third-order valence-corrected chi connectivity index (χ3v) is 7.71. The summed E-state index contributed by atoms with van der Waals surface area (Å²) >= 11 is 2.94. The molecule has 178 valence electrons. The van der Waals surface area contributed by atoms with Gasteiger partial charge in [0.15, 0.2) is 5.16 Å². The summed E-state index contributed by atoms with van der Waals surface area (Å²) in [6.07, 6.45) is 0. The highest BCUT2D eigenvalue weighted by Crippen LogP contribution is 2.32. The van der Waals surface area contributed by atoms with E-state index in [1.165, 1.54) is 23.1 Å². The molecule has 0 saturated carbocycles. The van der Waals surface area contributed by atoms with Crippen LogP contribution in [0.4, 0.5) is 0 Å². The molecule has 5 aromatic rings. The fourth-order valence-electron chi connectivity index (χ4n) is 3.78. The average Bonchev–Trinajstić information content (AvgIpc) is 3.43. The average molecular weight is 505 g/mol. The maximum atomic E-state index is 13.6. The van der Waals surface area contributed by atoms with Crippen molar-refractivity contribution in [2.75, 3.05) is 6.61 Å². The van der Waals surface area contributed by atoms with Gasteiger partial charge in [-0.3, -0.25) is 9.36 Å². The molecule has 0 spiro atoms. The van der Waals surface area contributed by atoms with Gasteiger partial charge < -0.3 is 9.26 Å². The molecule has 0 radical (unpaired) electrons. The molecule has 0 saturated heterocycles. The Morgan fingerprint density at radius 2 is 1.83 bits per heavy atom. The van der Waals surface area contributed by atoms with Crippen molar-refractivity contribution in [3.05, 3.63) is 80.8 Å². The van der Waals surface area contributed by atoms with Crippen LogP contribution in [0.2, 0.25) is 0 Å². The van der Waals surface area contributed by atoms with Crippen molar-refractivity contribution in [2.24, 2.45) is 0 Å². The van der Waals surface area contributed by atoms with E-state index in [4.69, 9.17) is 14.2 Å². The molecule has 35 heavy (non-hydrogen) atoms. The first-order valence-electron chi connectivity index (χ1n) is 11.2. The Labute approximate surface area is 210 Å². The van der Waals surface area contributed by atoms with Crippen LogP contribution < -0.4 is 10.3 Å². The molecule has 7 nitrogen and oxygen atoms in total. The lowest BCUT2D eigenvalue weighted by Crippen LogP contribution is -2.21. The van der Waals surface area contributed by atoms with Crippen LogP contribution in [0.1, 0.15) is 28.8 Å². The van der Waals surface area contributed by atoms with E-state index in [0.717, 1.165) is 32.1 Å². The number of aryl methyl sites for hydroxylation is 3. The summed E-state index contributed by atoms with van der Waals surface area (Å²) in [4.78, 5) is 24.9. The quantitative estimate of drug-likeness (QED) is 0.195. The zero-order chi connectivity index (χ0) is 24.5. The topological polar surface area (TPSA) is 83.0 Å². The van der Waals surface area contributed by atoms with Crippen LogP contribution in [0.15, 0.2) is 63.0 Å². The first kappa shape index (κ1) is 23.3. The second-order valence-corrected chi connectivity index (χ2v) is 10.2. The Morgan fingerprint density at radius 1 is 1.06 bits per heavy atom. The number of hydrogen-bond donors (Lipinski definition) is 0. The van der Waals surface area contributed by atoms with E-state index >= 15 is 0 Å². The fourth-order valence-corrected chi connectivity index (χ4v) is 5.70. The van der Waals surface area contributed by atoms with Gasteiger partial charge in [0.2, 0.25) is 11.7 Å². The number of para-hydroxylation sites is 1. The van der Waals surface area contributed by atoms with Gasteiger partial charge in [0, 0.05) is 4.88 Å². The van der Waals surface area contributed by atoms with Crippen LogP contribution in [-0.4, -0.2) is 26.3 Å². The fraction of sp³-hybridized carbons (Fsp3) is 0.231. The molecule has 0 bridgehead atoms. The second kappa shape index (κ2) is 9.67. The van der Waals surface area contributed by atoms with Crippen molar-refractivity contribution in [3.63, 3.8) is 0 Å². The monoisotopic (exact) mass is 504 g/mol. The standard InChI is InChI=1S/C26H24N4O3S2/c1-5-32-20-9-7-6-8-19(20)23-27-21(33-29-23)14-34-26-28-24-22(16(3)17(4)35-24)25(31)30(26)18-12-10-15(2)11-13-18/h6-13H,5,14H2,1-4H3. The predicted octanol–water partition coefficient (Wildman–Crippen LogP) is 6.11. The van der Waals surface area contributed by atoms with Crippen LogP contribution in [-0.2, 0) is 5.75 Å². The predicted molar refractivity (Wildman–Crippen MR) is 140 cm³/mol. The minimum Gasteiger partial charge on any atom is -0.493 e. The summed E-state index contributed by atoms with van der Waals surface area (Å²) in [6.45, 7) is 8.49. The summed E-state index contributed by atoms with van der Waals surface area (Å²) in [6, 6.07) is 15.5. The smallest absolute Gasteiger partial charge is 0.267 e. The molecule has 3 aromatic heterocycles. The van der Waals surface area contributed by atoms with E-state index in [0.29, 0.717) is 40.4 Å². The lowest BCUT2D eigenvalue weighted by Gasteiger charge is -2.12. The second-order valence-electron chi connectivity index (χ2n) is 8.06. The van der Waals surface area contributed by atoms with Crippen molar-refractivity contribution in [1.29, 1.82) is 0 Å². The minimum atomic E-state index is -0.0694. The molecule has 0 aliphatic rings. The van der Waals surface area contributed by atoms with Crippen molar-refractivity contribution in [1.82, 2.24) is 19.7 Å². The van der Waals surface area contributed by atoms with Gasteiger partial charge in [-0.2, -0.15) is 4.98 Å². The van der Waals surface area contributed by atoms with Gasteiger partial charge in [-0.25, -0.2) is 4.98 Å². The zero-order valence-electron chi connectivity index (χ0n) is 19.9. The summed E-state index contributed by atoms with van der Waals surface area (Å²) in [5, 5.41) is 5.40. The molecule has 0 N–H and O–H groups in total. The number of ether oxygens (including phenoxy) is 1. The van der Waals surface area contributed by atoms with Crippen LogP contribution in [0.25, 0.3) is 27.3 Å². The highest BCUT2D eigenvalue weighted by atomic mass is 32.2. The van der Waals surface area contributed by atoms with Gasteiger partial charge in [0.1, 0.15) is 10.6 Å². The van der Waals surface area contributed by atoms with E-state index in [-0.39, 0.29) is 5.56 Å². The molecule has 0 unspecified atom stereocenters. The molecule has 0 aliphatic heterocycles. The Bertz CT molecular complexity index is 1570. The number of benzene rings is 2. The third-order valence-electron chi connectivity index (χ3n) is 5.68. The number of thiophene rings is 1. The largest absolute Gasteiger partial charge is 0.493 e. The van der Waals surface area contributed by atoms with Crippen LogP contribution in [0, 0.1) is 20.8 Å². The molecular formula is C26H24N4O3S2. The number of thioether (sulfide) groups is 1. The molecule has 2 aromatic carbocycles. The van der Waals surface area contributed by atoms with Gasteiger partial charge in [0.25, 0.3) is 5.56 Å².